The molecular formula is C21H16N2O7S3. The number of phenolic OH excluding ortho intramolecular Hbond substituents is 1. The van der Waals surface area contributed by atoms with E-state index in [9.17, 15) is 26.7 Å². The first kappa shape index (κ1) is 22.6. The number of sulfonamides is 2. The van der Waals surface area contributed by atoms with E-state index in [1.165, 1.54) is 30.3 Å². The highest BCUT2D eigenvalue weighted by atomic mass is 32.2. The third-order valence-electron chi connectivity index (χ3n) is 4.58. The molecule has 12 heteroatoms. The molecule has 0 aliphatic carbocycles. The maximum Gasteiger partial charge on any atom is 0.335 e. The lowest BCUT2D eigenvalue weighted by atomic mass is 10.2. The van der Waals surface area contributed by atoms with Crippen LogP contribution in [-0.2, 0) is 20.0 Å². The van der Waals surface area contributed by atoms with Crippen LogP contribution >= 0.6 is 11.3 Å². The predicted octanol–water partition coefficient (Wildman–Crippen LogP) is 3.91. The topological polar surface area (TPSA) is 150 Å². The first-order valence-electron chi connectivity index (χ1n) is 9.26. The fourth-order valence-corrected chi connectivity index (χ4v) is 6.69. The molecule has 0 aliphatic rings. The summed E-state index contributed by atoms with van der Waals surface area (Å²) >= 11 is 1.07. The Kier molecular flexibility index (Phi) is 5.74. The number of aromatic hydroxyl groups is 1. The molecule has 0 amide bonds. The Morgan fingerprint density at radius 2 is 1.39 bits per heavy atom. The van der Waals surface area contributed by atoms with Gasteiger partial charge in [0.25, 0.3) is 20.0 Å². The molecule has 0 aliphatic heterocycles. The van der Waals surface area contributed by atoms with Crippen LogP contribution in [0.15, 0.2) is 81.9 Å². The average Bonchev–Trinajstić information content (AvgIpc) is 3.20. The van der Waals surface area contributed by atoms with Crippen LogP contribution in [0, 0.1) is 0 Å². The van der Waals surface area contributed by atoms with Gasteiger partial charge in [0.2, 0.25) is 0 Å². The van der Waals surface area contributed by atoms with Crippen molar-refractivity contribution in [1.82, 2.24) is 0 Å². The number of para-hydroxylation sites is 2. The zero-order chi connectivity index (χ0) is 23.8. The summed E-state index contributed by atoms with van der Waals surface area (Å²) in [7, 11) is -8.50. The molecule has 9 nitrogen and oxygen atoms in total. The van der Waals surface area contributed by atoms with Crippen molar-refractivity contribution in [3.63, 3.8) is 0 Å². The number of carboxylic acid groups (broad SMARTS) is 1. The lowest BCUT2D eigenvalue weighted by Gasteiger charge is -2.15. The standard InChI is InChI=1S/C21H16N2O7S3/c24-17-10-9-14(21(25)26)11-19(17)32(27,28)22-15-6-2-3-7-16(15)23-33(29,30)20-12-13-5-1-4-8-18(13)31-20/h1-12,22-24H,(H,25,26). The third-order valence-corrected chi connectivity index (χ3v) is 8.93. The molecule has 0 saturated heterocycles. The van der Waals surface area contributed by atoms with Crippen LogP contribution in [0.4, 0.5) is 11.4 Å². The van der Waals surface area contributed by atoms with Gasteiger partial charge in [0.15, 0.2) is 0 Å². The SMILES string of the molecule is O=C(O)c1ccc(O)c(S(=O)(=O)Nc2ccccc2NS(=O)(=O)c2cc3ccccc3s2)c1. The molecule has 4 N–H and O–H groups in total. The molecule has 3 aromatic carbocycles. The molecule has 1 heterocycles. The van der Waals surface area contributed by atoms with E-state index in [2.05, 4.69) is 9.44 Å². The summed E-state index contributed by atoms with van der Waals surface area (Å²) in [6, 6.07) is 17.2. The van der Waals surface area contributed by atoms with Gasteiger partial charge in [0.05, 0.1) is 16.9 Å². The molecule has 33 heavy (non-hydrogen) atoms. The number of benzene rings is 3. The second kappa shape index (κ2) is 8.39. The molecule has 0 atom stereocenters. The zero-order valence-electron chi connectivity index (χ0n) is 16.6. The molecule has 1 aromatic heterocycles. The van der Waals surface area contributed by atoms with Crippen molar-refractivity contribution < 1.29 is 31.8 Å². The van der Waals surface area contributed by atoms with Crippen molar-refractivity contribution >= 4 is 58.8 Å². The minimum absolute atomic E-state index is 0.0487. The van der Waals surface area contributed by atoms with Gasteiger partial charge in [0, 0.05) is 4.70 Å². The quantitative estimate of drug-likeness (QED) is 0.298. The fourth-order valence-electron chi connectivity index (χ4n) is 3.01. The monoisotopic (exact) mass is 504 g/mol. The molecular weight excluding hydrogens is 488 g/mol. The molecule has 4 aromatic rings. The summed E-state index contributed by atoms with van der Waals surface area (Å²) in [5.41, 5.74) is -0.498. The summed E-state index contributed by atoms with van der Waals surface area (Å²) in [5, 5.41) is 19.9. The number of rotatable bonds is 7. The van der Waals surface area contributed by atoms with Gasteiger partial charge in [-0.3, -0.25) is 9.44 Å². The van der Waals surface area contributed by atoms with E-state index in [1.807, 2.05) is 0 Å². The average molecular weight is 505 g/mol. The number of aromatic carboxylic acids is 1. The second-order valence-electron chi connectivity index (χ2n) is 6.85. The largest absolute Gasteiger partial charge is 0.507 e. The summed E-state index contributed by atoms with van der Waals surface area (Å²) in [4.78, 5) is 10.5. The highest BCUT2D eigenvalue weighted by Gasteiger charge is 2.24. The summed E-state index contributed by atoms with van der Waals surface area (Å²) in [6.07, 6.45) is 0. The molecule has 0 saturated carbocycles. The highest BCUT2D eigenvalue weighted by molar-refractivity contribution is 7.95. The lowest BCUT2D eigenvalue weighted by molar-refractivity contribution is 0.0696. The highest BCUT2D eigenvalue weighted by Crippen LogP contribution is 2.33. The number of hydrogen-bond acceptors (Lipinski definition) is 7. The van der Waals surface area contributed by atoms with Crippen LogP contribution in [0.3, 0.4) is 0 Å². The lowest BCUT2D eigenvalue weighted by Crippen LogP contribution is -2.17. The Morgan fingerprint density at radius 1 is 0.788 bits per heavy atom. The van der Waals surface area contributed by atoms with Gasteiger partial charge < -0.3 is 10.2 Å². The number of carboxylic acids is 1. The van der Waals surface area contributed by atoms with E-state index in [-0.39, 0.29) is 21.1 Å². The Morgan fingerprint density at radius 3 is 2.03 bits per heavy atom. The number of carbonyl (C=O) groups is 1. The molecule has 0 radical (unpaired) electrons. The van der Waals surface area contributed by atoms with E-state index in [4.69, 9.17) is 5.11 Å². The molecule has 0 spiro atoms. The van der Waals surface area contributed by atoms with Gasteiger partial charge in [-0.2, -0.15) is 0 Å². The fraction of sp³-hybridized carbons (Fsp3) is 0. The van der Waals surface area contributed by atoms with E-state index in [1.54, 1.807) is 24.3 Å². The van der Waals surface area contributed by atoms with Crippen molar-refractivity contribution in [2.45, 2.75) is 9.10 Å². The second-order valence-corrected chi connectivity index (χ2v) is 11.5. The maximum atomic E-state index is 12.9. The minimum Gasteiger partial charge on any atom is -0.507 e. The van der Waals surface area contributed by atoms with Gasteiger partial charge >= 0.3 is 5.97 Å². The molecule has 4 rings (SSSR count). The number of phenols is 1. The maximum absolute atomic E-state index is 12.9. The Labute approximate surface area is 193 Å². The van der Waals surface area contributed by atoms with Gasteiger partial charge in [-0.1, -0.05) is 30.3 Å². The van der Waals surface area contributed by atoms with Gasteiger partial charge in [-0.25, -0.2) is 21.6 Å². The van der Waals surface area contributed by atoms with E-state index in [0.717, 1.165) is 39.6 Å². The first-order valence-corrected chi connectivity index (χ1v) is 13.0. The summed E-state index contributed by atoms with van der Waals surface area (Å²) < 4.78 is 57.0. The first-order chi connectivity index (χ1) is 15.6. The van der Waals surface area contributed by atoms with Crippen LogP contribution in [0.5, 0.6) is 5.75 Å². The van der Waals surface area contributed by atoms with Crippen LogP contribution in [0.25, 0.3) is 10.1 Å². The number of anilines is 2. The van der Waals surface area contributed by atoms with Gasteiger partial charge in [-0.15, -0.1) is 11.3 Å². The minimum atomic E-state index is -4.46. The third kappa shape index (κ3) is 4.62. The van der Waals surface area contributed by atoms with E-state index in [0.29, 0.717) is 0 Å². The van der Waals surface area contributed by atoms with Gasteiger partial charge in [-0.05, 0) is 47.9 Å². The normalized spacial score (nSPS) is 11.9. The van der Waals surface area contributed by atoms with Crippen LogP contribution in [-0.4, -0.2) is 33.0 Å². The van der Waals surface area contributed by atoms with Gasteiger partial charge in [0.1, 0.15) is 14.9 Å². The zero-order valence-corrected chi connectivity index (χ0v) is 19.0. The van der Waals surface area contributed by atoms with Crippen molar-refractivity contribution in [3.8, 4) is 5.75 Å². The number of thiophene rings is 1. The van der Waals surface area contributed by atoms with Crippen molar-refractivity contribution in [2.24, 2.45) is 0 Å². The van der Waals surface area contributed by atoms with E-state index >= 15 is 0 Å². The Bertz CT molecular complexity index is 1560. The van der Waals surface area contributed by atoms with E-state index < -0.39 is 36.7 Å². The molecule has 0 fully saturated rings. The van der Waals surface area contributed by atoms with Crippen LogP contribution in [0.2, 0.25) is 0 Å². The van der Waals surface area contributed by atoms with Crippen molar-refractivity contribution in [1.29, 1.82) is 0 Å². The summed E-state index contributed by atoms with van der Waals surface area (Å²) in [5.74, 6) is -2.03. The van der Waals surface area contributed by atoms with Crippen LogP contribution in [0.1, 0.15) is 10.4 Å². The number of hydrogen-bond donors (Lipinski definition) is 4. The smallest absolute Gasteiger partial charge is 0.335 e. The van der Waals surface area contributed by atoms with Crippen LogP contribution < -0.4 is 9.44 Å². The summed E-state index contributed by atoms with van der Waals surface area (Å²) in [6.45, 7) is 0. The predicted molar refractivity (Wildman–Crippen MR) is 125 cm³/mol. The molecule has 170 valence electrons. The molecule has 0 bridgehead atoms. The number of fused-ring (bicyclic) bond motifs is 1. The van der Waals surface area contributed by atoms with Crippen molar-refractivity contribution in [2.75, 3.05) is 9.44 Å². The number of nitrogens with one attached hydrogen (secondary N) is 2. The molecule has 0 unspecified atom stereocenters. The van der Waals surface area contributed by atoms with Crippen molar-refractivity contribution in [3.05, 3.63) is 78.4 Å². The Hall–Kier alpha value is -3.61. The Balaban J connectivity index is 1.68.